The van der Waals surface area contributed by atoms with Crippen molar-refractivity contribution in [1.82, 2.24) is 14.2 Å². The Balaban J connectivity index is 1.12. The second kappa shape index (κ2) is 10.7. The van der Waals surface area contributed by atoms with Crippen molar-refractivity contribution < 1.29 is 17.6 Å². The molecule has 6 rings (SSSR count). The van der Waals surface area contributed by atoms with Crippen molar-refractivity contribution in [1.29, 1.82) is 0 Å². The molecule has 1 aliphatic rings. The van der Waals surface area contributed by atoms with Crippen molar-refractivity contribution in [3.05, 3.63) is 126 Å². The first-order valence-electron chi connectivity index (χ1n) is 13.2. The van der Waals surface area contributed by atoms with E-state index in [0.29, 0.717) is 36.6 Å². The third-order valence-corrected chi connectivity index (χ3v) is 9.03. The molecule has 0 spiro atoms. The average molecular weight is 554 g/mol. The van der Waals surface area contributed by atoms with Gasteiger partial charge in [0.15, 0.2) is 0 Å². The van der Waals surface area contributed by atoms with Gasteiger partial charge in [0.25, 0.3) is 15.9 Å². The quantitative estimate of drug-likeness (QED) is 0.274. The summed E-state index contributed by atoms with van der Waals surface area (Å²) >= 11 is 0. The van der Waals surface area contributed by atoms with Gasteiger partial charge in [-0.15, -0.1) is 0 Å². The van der Waals surface area contributed by atoms with Gasteiger partial charge in [0.2, 0.25) is 0 Å². The topological polar surface area (TPSA) is 71.4 Å². The number of fused-ring (bicyclic) bond motifs is 1. The van der Waals surface area contributed by atoms with Gasteiger partial charge in [0, 0.05) is 54.8 Å². The van der Waals surface area contributed by atoms with E-state index in [4.69, 9.17) is 0 Å². The third kappa shape index (κ3) is 5.03. The largest absolute Gasteiger partial charge is 0.338 e. The Kier molecular flexibility index (Phi) is 6.96. The molecule has 0 radical (unpaired) electrons. The first-order valence-corrected chi connectivity index (χ1v) is 14.6. The molecule has 40 heavy (non-hydrogen) atoms. The summed E-state index contributed by atoms with van der Waals surface area (Å²) in [5, 5.41) is 4.21. The fourth-order valence-corrected chi connectivity index (χ4v) is 6.52. The van der Waals surface area contributed by atoms with E-state index in [1.54, 1.807) is 41.4 Å². The zero-order chi connectivity index (χ0) is 27.7. The first kappa shape index (κ1) is 26.0. The number of amides is 1. The minimum Gasteiger partial charge on any atom is -0.338 e. The van der Waals surface area contributed by atoms with Crippen LogP contribution in [0, 0.1) is 11.7 Å². The Labute approximate surface area is 232 Å². The van der Waals surface area contributed by atoms with E-state index >= 15 is 0 Å². The predicted octanol–water partition coefficient (Wildman–Crippen LogP) is 5.55. The van der Waals surface area contributed by atoms with Gasteiger partial charge in [0.05, 0.1) is 10.4 Å². The molecule has 202 valence electrons. The molecule has 0 saturated carbocycles. The van der Waals surface area contributed by atoms with E-state index in [2.05, 4.69) is 5.32 Å². The zero-order valence-corrected chi connectivity index (χ0v) is 22.5. The Morgan fingerprint density at radius 3 is 2.25 bits per heavy atom. The zero-order valence-electron chi connectivity index (χ0n) is 21.7. The fourth-order valence-electron chi connectivity index (χ4n) is 5.15. The van der Waals surface area contributed by atoms with E-state index in [1.807, 2.05) is 48.5 Å². The molecule has 1 aromatic heterocycles. The second-order valence-corrected chi connectivity index (χ2v) is 11.9. The molecular weight excluding hydrogens is 525 g/mol. The highest BCUT2D eigenvalue weighted by molar-refractivity contribution is 7.90. The number of carbonyl (C=O) groups excluding carboxylic acids is 1. The lowest BCUT2D eigenvalue weighted by Gasteiger charge is -2.39. The van der Waals surface area contributed by atoms with Gasteiger partial charge in [0.1, 0.15) is 5.82 Å². The van der Waals surface area contributed by atoms with Crippen LogP contribution in [0.25, 0.3) is 22.0 Å². The number of para-hydroxylation sites is 1. The van der Waals surface area contributed by atoms with Gasteiger partial charge in [-0.05, 0) is 53.6 Å². The van der Waals surface area contributed by atoms with Crippen LogP contribution in [0.5, 0.6) is 0 Å². The van der Waals surface area contributed by atoms with E-state index in [9.17, 15) is 17.6 Å². The average Bonchev–Trinajstić information content (AvgIpc) is 3.36. The highest BCUT2D eigenvalue weighted by Gasteiger charge is 2.31. The molecule has 0 unspecified atom stereocenters. The number of hydrogen-bond acceptors (Lipinski definition) is 4. The van der Waals surface area contributed by atoms with Crippen LogP contribution in [-0.4, -0.2) is 42.8 Å². The van der Waals surface area contributed by atoms with Gasteiger partial charge in [-0.2, -0.15) is 0 Å². The lowest BCUT2D eigenvalue weighted by Crippen LogP contribution is -2.53. The predicted molar refractivity (Wildman–Crippen MR) is 154 cm³/mol. The van der Waals surface area contributed by atoms with Crippen LogP contribution in [0.3, 0.4) is 0 Å². The third-order valence-electron chi connectivity index (χ3n) is 7.34. The summed E-state index contributed by atoms with van der Waals surface area (Å²) in [4.78, 5) is 14.9. The van der Waals surface area contributed by atoms with Crippen molar-refractivity contribution in [2.24, 2.45) is 5.92 Å². The number of halogens is 1. The van der Waals surface area contributed by atoms with Crippen LogP contribution in [0.4, 0.5) is 4.39 Å². The molecule has 4 aromatic carbocycles. The van der Waals surface area contributed by atoms with Crippen molar-refractivity contribution in [3.8, 4) is 11.1 Å². The van der Waals surface area contributed by atoms with Gasteiger partial charge >= 0.3 is 0 Å². The van der Waals surface area contributed by atoms with E-state index in [1.165, 1.54) is 28.2 Å². The van der Waals surface area contributed by atoms with Crippen LogP contribution < -0.4 is 5.32 Å². The minimum absolute atomic E-state index is 0.114. The first-order chi connectivity index (χ1) is 19.4. The molecule has 0 aliphatic carbocycles. The van der Waals surface area contributed by atoms with Crippen LogP contribution in [0.2, 0.25) is 0 Å². The molecule has 1 fully saturated rings. The number of likely N-dealkylation sites (tertiary alicyclic amines) is 1. The van der Waals surface area contributed by atoms with E-state index in [-0.39, 0.29) is 16.6 Å². The van der Waals surface area contributed by atoms with E-state index < -0.39 is 10.0 Å². The number of carbonyl (C=O) groups is 1. The molecule has 1 saturated heterocycles. The standard InChI is InChI=1S/C32H28FN3O3S/c33-27-14-10-23(11-15-27)18-34-19-24-20-35(21-24)32(37)26-12-16-28(17-13-26)40(38,39)36-22-30(25-6-2-1-3-7-25)29-8-4-5-9-31(29)36/h1-17,22,24,34H,18-21H2. The smallest absolute Gasteiger partial charge is 0.268 e. The molecule has 1 N–H and O–H groups in total. The number of benzene rings is 4. The SMILES string of the molecule is O=C(c1ccc(S(=O)(=O)n2cc(-c3ccccc3)c3ccccc32)cc1)N1CC(CNCc2ccc(F)cc2)C1. The highest BCUT2D eigenvalue weighted by atomic mass is 32.2. The molecule has 2 heterocycles. The Morgan fingerprint density at radius 2 is 1.52 bits per heavy atom. The minimum atomic E-state index is -3.89. The number of hydrogen-bond donors (Lipinski definition) is 1. The summed E-state index contributed by atoms with van der Waals surface area (Å²) < 4.78 is 41.7. The van der Waals surface area contributed by atoms with Crippen LogP contribution in [0.15, 0.2) is 114 Å². The second-order valence-electron chi connectivity index (χ2n) is 10.1. The maximum absolute atomic E-state index is 13.7. The summed E-state index contributed by atoms with van der Waals surface area (Å²) in [6.07, 6.45) is 1.67. The number of rotatable bonds is 8. The fraction of sp³-hybridized carbons (Fsp3) is 0.156. The molecular formula is C32H28FN3O3S. The van der Waals surface area contributed by atoms with Crippen molar-refractivity contribution in [3.63, 3.8) is 0 Å². The lowest BCUT2D eigenvalue weighted by atomic mass is 9.98. The summed E-state index contributed by atoms with van der Waals surface area (Å²) in [7, 11) is -3.89. The monoisotopic (exact) mass is 553 g/mol. The van der Waals surface area contributed by atoms with Crippen LogP contribution in [-0.2, 0) is 16.6 Å². The van der Waals surface area contributed by atoms with E-state index in [0.717, 1.165) is 28.6 Å². The lowest BCUT2D eigenvalue weighted by molar-refractivity contribution is 0.0500. The number of aromatic nitrogens is 1. The van der Waals surface area contributed by atoms with Gasteiger partial charge in [-0.1, -0.05) is 60.7 Å². The molecule has 1 aliphatic heterocycles. The molecule has 0 bridgehead atoms. The molecule has 8 heteroatoms. The molecule has 5 aromatic rings. The van der Waals surface area contributed by atoms with Crippen molar-refractivity contribution >= 4 is 26.8 Å². The molecule has 0 atom stereocenters. The van der Waals surface area contributed by atoms with Crippen molar-refractivity contribution in [2.45, 2.75) is 11.4 Å². The summed E-state index contributed by atoms with van der Waals surface area (Å²) in [6.45, 7) is 2.66. The summed E-state index contributed by atoms with van der Waals surface area (Å²) in [5.74, 6) is -0.0284. The maximum atomic E-state index is 13.7. The van der Waals surface area contributed by atoms with Gasteiger partial charge < -0.3 is 10.2 Å². The summed E-state index contributed by atoms with van der Waals surface area (Å²) in [6, 6.07) is 29.7. The van der Waals surface area contributed by atoms with Crippen molar-refractivity contribution in [2.75, 3.05) is 19.6 Å². The Hall–Kier alpha value is -4.27. The van der Waals surface area contributed by atoms with Gasteiger partial charge in [-0.25, -0.2) is 16.8 Å². The Bertz CT molecular complexity index is 1760. The molecule has 6 nitrogen and oxygen atoms in total. The van der Waals surface area contributed by atoms with Crippen LogP contribution >= 0.6 is 0 Å². The summed E-state index contributed by atoms with van der Waals surface area (Å²) in [5.41, 5.74) is 3.84. The maximum Gasteiger partial charge on any atom is 0.268 e. The van der Waals surface area contributed by atoms with Gasteiger partial charge in [-0.3, -0.25) is 4.79 Å². The van der Waals surface area contributed by atoms with Crippen LogP contribution in [0.1, 0.15) is 15.9 Å². The highest BCUT2D eigenvalue weighted by Crippen LogP contribution is 2.33. The normalized spacial score (nSPS) is 13.9. The number of nitrogens with one attached hydrogen (secondary N) is 1. The molecule has 1 amide bonds. The number of nitrogens with zero attached hydrogens (tertiary/aromatic N) is 2. The Morgan fingerprint density at radius 1 is 0.850 bits per heavy atom.